The number of rotatable bonds is 4. The van der Waals surface area contributed by atoms with Gasteiger partial charge in [-0.25, -0.2) is 18.1 Å². The van der Waals surface area contributed by atoms with Crippen molar-refractivity contribution < 1.29 is 8.42 Å². The average molecular weight is 246 g/mol. The van der Waals surface area contributed by atoms with Crippen molar-refractivity contribution in [2.24, 2.45) is 5.92 Å². The van der Waals surface area contributed by atoms with Gasteiger partial charge in [0.15, 0.2) is 0 Å². The highest BCUT2D eigenvalue weighted by Crippen LogP contribution is 2.42. The highest BCUT2D eigenvalue weighted by atomic mass is 32.2. The van der Waals surface area contributed by atoms with Gasteiger partial charge in [0.05, 0.1) is 12.3 Å². The number of sulfonamides is 1. The van der Waals surface area contributed by atoms with Crippen LogP contribution in [0.3, 0.4) is 0 Å². The molecule has 1 aliphatic carbocycles. The summed E-state index contributed by atoms with van der Waals surface area (Å²) in [5.74, 6) is 0.435. The second kappa shape index (κ2) is 3.84. The van der Waals surface area contributed by atoms with Crippen LogP contribution in [0.5, 0.6) is 0 Å². The van der Waals surface area contributed by atoms with E-state index in [1.807, 2.05) is 6.92 Å². The van der Waals surface area contributed by atoms with E-state index < -0.39 is 10.0 Å². The van der Waals surface area contributed by atoms with Gasteiger partial charge in [-0.3, -0.25) is 0 Å². The molecule has 84 valence electrons. The van der Waals surface area contributed by atoms with Gasteiger partial charge in [0.25, 0.3) is 0 Å². The molecule has 1 N–H and O–H groups in total. The maximum Gasteiger partial charge on any atom is 0.209 e. The van der Waals surface area contributed by atoms with Crippen molar-refractivity contribution in [2.45, 2.75) is 25.8 Å². The summed E-state index contributed by atoms with van der Waals surface area (Å²) in [4.78, 5) is 5.37. The normalized spacial score (nSPS) is 19.1. The van der Waals surface area contributed by atoms with Gasteiger partial charge in [0.1, 0.15) is 5.01 Å². The maximum absolute atomic E-state index is 11.2. The van der Waals surface area contributed by atoms with Crippen molar-refractivity contribution >= 4 is 21.4 Å². The molecule has 4 nitrogen and oxygen atoms in total. The fraction of sp³-hybridized carbons (Fsp3) is 0.667. The molecule has 0 spiro atoms. The third kappa shape index (κ3) is 2.99. The SMILES string of the molecule is Cc1cnc(C(NS(C)(=O)=O)C2CC2)s1. The molecular formula is C9H14N2O2S2. The summed E-state index contributed by atoms with van der Waals surface area (Å²) in [6.07, 6.45) is 5.17. The van der Waals surface area contributed by atoms with Gasteiger partial charge in [-0.15, -0.1) is 11.3 Å². The first kappa shape index (κ1) is 11.0. The Labute approximate surface area is 93.8 Å². The molecule has 0 radical (unpaired) electrons. The lowest BCUT2D eigenvalue weighted by Crippen LogP contribution is -2.28. The van der Waals surface area contributed by atoms with Gasteiger partial charge in [-0.05, 0) is 25.7 Å². The van der Waals surface area contributed by atoms with Crippen molar-refractivity contribution in [1.29, 1.82) is 0 Å². The minimum Gasteiger partial charge on any atom is -0.248 e. The quantitative estimate of drug-likeness (QED) is 0.874. The fourth-order valence-electron chi connectivity index (χ4n) is 1.52. The van der Waals surface area contributed by atoms with Crippen molar-refractivity contribution in [3.8, 4) is 0 Å². The zero-order valence-corrected chi connectivity index (χ0v) is 10.4. The third-order valence-corrected chi connectivity index (χ3v) is 4.02. The molecule has 0 aliphatic heterocycles. The molecule has 6 heteroatoms. The molecule has 1 aromatic rings. The highest BCUT2D eigenvalue weighted by Gasteiger charge is 2.35. The van der Waals surface area contributed by atoms with E-state index in [9.17, 15) is 8.42 Å². The summed E-state index contributed by atoms with van der Waals surface area (Å²) < 4.78 is 25.1. The fourth-order valence-corrected chi connectivity index (χ4v) is 3.28. The Morgan fingerprint density at radius 1 is 1.60 bits per heavy atom. The van der Waals surface area contributed by atoms with Crippen LogP contribution >= 0.6 is 11.3 Å². The molecule has 0 bridgehead atoms. The zero-order chi connectivity index (χ0) is 11.1. The number of thiazole rings is 1. The van der Waals surface area contributed by atoms with E-state index in [2.05, 4.69) is 9.71 Å². The molecule has 15 heavy (non-hydrogen) atoms. The average Bonchev–Trinajstić information content (AvgIpc) is 2.84. The van der Waals surface area contributed by atoms with Crippen LogP contribution < -0.4 is 4.72 Å². The molecule has 1 fully saturated rings. The Balaban J connectivity index is 2.20. The van der Waals surface area contributed by atoms with Crippen LogP contribution in [0.15, 0.2) is 6.20 Å². The Morgan fingerprint density at radius 3 is 2.67 bits per heavy atom. The molecule has 1 aliphatic rings. The summed E-state index contributed by atoms with van der Waals surface area (Å²) in [5, 5.41) is 0.889. The Morgan fingerprint density at radius 2 is 2.27 bits per heavy atom. The van der Waals surface area contributed by atoms with Gasteiger partial charge in [-0.2, -0.15) is 0 Å². The van der Waals surface area contributed by atoms with E-state index in [1.54, 1.807) is 17.5 Å². The monoisotopic (exact) mass is 246 g/mol. The molecule has 0 saturated heterocycles. The van der Waals surface area contributed by atoms with E-state index >= 15 is 0 Å². The van der Waals surface area contributed by atoms with Gasteiger partial charge >= 0.3 is 0 Å². The molecule has 1 unspecified atom stereocenters. The predicted octanol–water partition coefficient (Wildman–Crippen LogP) is 1.45. The lowest BCUT2D eigenvalue weighted by Gasteiger charge is -2.13. The Hall–Kier alpha value is -0.460. The molecule has 2 rings (SSSR count). The number of hydrogen-bond acceptors (Lipinski definition) is 4. The molecule has 1 aromatic heterocycles. The molecule has 0 aromatic carbocycles. The van der Waals surface area contributed by atoms with Crippen LogP contribution in [-0.4, -0.2) is 19.7 Å². The van der Waals surface area contributed by atoms with E-state index in [4.69, 9.17) is 0 Å². The second-order valence-corrected chi connectivity index (χ2v) is 7.06. The molecule has 1 atom stereocenters. The van der Waals surface area contributed by atoms with Gasteiger partial charge in [-0.1, -0.05) is 0 Å². The number of aromatic nitrogens is 1. The molecule has 1 heterocycles. The number of hydrogen-bond donors (Lipinski definition) is 1. The lowest BCUT2D eigenvalue weighted by molar-refractivity contribution is 0.532. The van der Waals surface area contributed by atoms with Crippen molar-refractivity contribution in [1.82, 2.24) is 9.71 Å². The largest absolute Gasteiger partial charge is 0.248 e. The third-order valence-electron chi connectivity index (χ3n) is 2.34. The van der Waals surface area contributed by atoms with Gasteiger partial charge in [0.2, 0.25) is 10.0 Å². The van der Waals surface area contributed by atoms with E-state index in [0.717, 1.165) is 22.7 Å². The maximum atomic E-state index is 11.2. The Bertz CT molecular complexity index is 448. The smallest absolute Gasteiger partial charge is 0.209 e. The van der Waals surface area contributed by atoms with E-state index in [0.29, 0.717) is 5.92 Å². The highest BCUT2D eigenvalue weighted by molar-refractivity contribution is 7.88. The van der Waals surface area contributed by atoms with Crippen LogP contribution in [0, 0.1) is 12.8 Å². The number of nitrogens with one attached hydrogen (secondary N) is 1. The second-order valence-electron chi connectivity index (χ2n) is 4.01. The van der Waals surface area contributed by atoms with Crippen molar-refractivity contribution in [3.05, 3.63) is 16.1 Å². The first-order chi connectivity index (χ1) is 6.96. The predicted molar refractivity (Wildman–Crippen MR) is 60.3 cm³/mol. The minimum absolute atomic E-state index is 0.112. The number of nitrogens with zero attached hydrogens (tertiary/aromatic N) is 1. The standard InChI is InChI=1S/C9H14N2O2S2/c1-6-5-10-9(14-6)8(7-3-4-7)11-15(2,12)13/h5,7-8,11H,3-4H2,1-2H3. The van der Waals surface area contributed by atoms with Crippen LogP contribution in [-0.2, 0) is 10.0 Å². The van der Waals surface area contributed by atoms with Crippen LogP contribution in [0.4, 0.5) is 0 Å². The van der Waals surface area contributed by atoms with Gasteiger partial charge < -0.3 is 0 Å². The van der Waals surface area contributed by atoms with Crippen molar-refractivity contribution in [2.75, 3.05) is 6.26 Å². The molecule has 0 amide bonds. The minimum atomic E-state index is -3.15. The summed E-state index contributed by atoms with van der Waals surface area (Å²) >= 11 is 1.57. The van der Waals surface area contributed by atoms with Crippen LogP contribution in [0.2, 0.25) is 0 Å². The zero-order valence-electron chi connectivity index (χ0n) is 8.73. The van der Waals surface area contributed by atoms with Crippen molar-refractivity contribution in [3.63, 3.8) is 0 Å². The van der Waals surface area contributed by atoms with E-state index in [-0.39, 0.29) is 6.04 Å². The lowest BCUT2D eigenvalue weighted by atomic mass is 10.2. The Kier molecular flexibility index (Phi) is 2.83. The molecular weight excluding hydrogens is 232 g/mol. The summed E-state index contributed by atoms with van der Waals surface area (Å²) in [6, 6.07) is -0.112. The van der Waals surface area contributed by atoms with E-state index in [1.165, 1.54) is 6.26 Å². The van der Waals surface area contributed by atoms with Crippen LogP contribution in [0.1, 0.15) is 28.8 Å². The first-order valence-electron chi connectivity index (χ1n) is 4.85. The number of aryl methyl sites for hydroxylation is 1. The summed E-state index contributed by atoms with van der Waals surface area (Å²) in [7, 11) is -3.15. The van der Waals surface area contributed by atoms with Gasteiger partial charge in [0, 0.05) is 11.1 Å². The molecule has 1 saturated carbocycles. The van der Waals surface area contributed by atoms with Crippen LogP contribution in [0.25, 0.3) is 0 Å². The summed E-state index contributed by atoms with van der Waals surface area (Å²) in [6.45, 7) is 1.98. The summed E-state index contributed by atoms with van der Waals surface area (Å²) in [5.41, 5.74) is 0. The first-order valence-corrected chi connectivity index (χ1v) is 7.56. The topological polar surface area (TPSA) is 59.1 Å².